The molecule has 0 spiro atoms. The monoisotopic (exact) mass is 508 g/mol. The van der Waals surface area contributed by atoms with E-state index in [0.29, 0.717) is 30.0 Å². The zero-order valence-corrected chi connectivity index (χ0v) is 21.1. The van der Waals surface area contributed by atoms with Crippen molar-refractivity contribution in [3.63, 3.8) is 0 Å². The summed E-state index contributed by atoms with van der Waals surface area (Å²) in [6, 6.07) is 12.1. The molecule has 0 atom stereocenters. The molecule has 0 unspecified atom stereocenters. The average Bonchev–Trinajstić information content (AvgIpc) is 3.59. The van der Waals surface area contributed by atoms with Crippen LogP contribution in [0.4, 0.5) is 0 Å². The number of thioether (sulfide) groups is 1. The van der Waals surface area contributed by atoms with Crippen LogP contribution >= 0.6 is 23.1 Å². The van der Waals surface area contributed by atoms with Gasteiger partial charge in [-0.25, -0.2) is 0 Å². The summed E-state index contributed by atoms with van der Waals surface area (Å²) in [5, 5.41) is 12.7. The molecule has 0 bridgehead atoms. The Morgan fingerprint density at radius 1 is 1.11 bits per heavy atom. The fraction of sp³-hybridized carbons (Fsp3) is 0.400. The van der Waals surface area contributed by atoms with Gasteiger partial charge in [0.05, 0.1) is 22.5 Å². The van der Waals surface area contributed by atoms with Gasteiger partial charge in [0.15, 0.2) is 11.0 Å². The molecule has 1 aliphatic rings. The highest BCUT2D eigenvalue weighted by Crippen LogP contribution is 2.22. The van der Waals surface area contributed by atoms with Crippen LogP contribution in [0.2, 0.25) is 0 Å². The molecule has 4 aromatic rings. The number of carbonyl (C=O) groups is 1. The number of aryl methyl sites for hydroxylation is 1. The maximum absolute atomic E-state index is 12.7. The number of para-hydroxylation sites is 1. The van der Waals surface area contributed by atoms with E-state index in [-0.39, 0.29) is 10.8 Å². The predicted molar refractivity (Wildman–Crippen MR) is 139 cm³/mol. The van der Waals surface area contributed by atoms with Crippen LogP contribution in [0.1, 0.15) is 43.5 Å². The number of benzene rings is 1. The van der Waals surface area contributed by atoms with E-state index in [1.165, 1.54) is 41.5 Å². The van der Waals surface area contributed by atoms with E-state index in [2.05, 4.69) is 31.1 Å². The molecule has 3 heterocycles. The minimum atomic E-state index is -0.0127. The van der Waals surface area contributed by atoms with Crippen molar-refractivity contribution in [1.29, 1.82) is 0 Å². The molecule has 5 rings (SSSR count). The Balaban J connectivity index is 1.33. The van der Waals surface area contributed by atoms with E-state index in [1.54, 1.807) is 10.8 Å². The SMILES string of the molecule is O=C(CSc1nnc(Cn2c(=O)sc3ccccc32)n1CCCc1cccnc1)NC1CCCC1. The lowest BCUT2D eigenvalue weighted by atomic mass is 10.1. The molecule has 0 aliphatic heterocycles. The van der Waals surface area contributed by atoms with Crippen LogP contribution in [0.5, 0.6) is 0 Å². The summed E-state index contributed by atoms with van der Waals surface area (Å²) in [7, 11) is 0. The molecular formula is C25H28N6O2S2. The maximum Gasteiger partial charge on any atom is 0.308 e. The Kier molecular flexibility index (Phi) is 7.58. The van der Waals surface area contributed by atoms with E-state index in [0.717, 1.165) is 41.7 Å². The minimum absolute atomic E-state index is 0.0127. The first-order chi connectivity index (χ1) is 17.2. The molecule has 8 nitrogen and oxygen atoms in total. The molecule has 1 fully saturated rings. The van der Waals surface area contributed by atoms with Gasteiger partial charge >= 0.3 is 4.87 Å². The van der Waals surface area contributed by atoms with Crippen LogP contribution in [0.3, 0.4) is 0 Å². The summed E-state index contributed by atoms with van der Waals surface area (Å²) in [5.74, 6) is 1.06. The second-order valence-electron chi connectivity index (χ2n) is 8.77. The standard InChI is InChI=1S/C25H28N6O2S2/c32-23(27-19-9-1-2-10-19)17-34-24-29-28-22(30(24)14-6-8-18-7-5-13-26-15-18)16-31-20-11-3-4-12-21(20)35-25(31)33/h3-5,7,11-13,15,19H,1-2,6,8-10,14,16-17H2,(H,27,32). The van der Waals surface area contributed by atoms with Crippen molar-refractivity contribution in [2.45, 2.75) is 62.8 Å². The van der Waals surface area contributed by atoms with Crippen LogP contribution in [0.25, 0.3) is 10.2 Å². The minimum Gasteiger partial charge on any atom is -0.353 e. The number of hydrogen-bond donors (Lipinski definition) is 1. The molecule has 1 aromatic carbocycles. The molecule has 3 aromatic heterocycles. The number of pyridine rings is 1. The summed E-state index contributed by atoms with van der Waals surface area (Å²) in [5.41, 5.74) is 2.07. The Bertz CT molecular complexity index is 1340. The number of aromatic nitrogens is 5. The van der Waals surface area contributed by atoms with E-state index in [4.69, 9.17) is 0 Å². The molecule has 1 amide bonds. The summed E-state index contributed by atoms with van der Waals surface area (Å²) in [4.78, 5) is 29.4. The highest BCUT2D eigenvalue weighted by Gasteiger charge is 2.20. The first kappa shape index (κ1) is 23.7. The van der Waals surface area contributed by atoms with Gasteiger partial charge in [0.1, 0.15) is 0 Å². The van der Waals surface area contributed by atoms with Gasteiger partial charge in [-0.05, 0) is 49.4 Å². The van der Waals surface area contributed by atoms with E-state index < -0.39 is 0 Å². The van der Waals surface area contributed by atoms with Crippen LogP contribution in [-0.2, 0) is 24.3 Å². The van der Waals surface area contributed by atoms with Crippen molar-refractivity contribution in [2.24, 2.45) is 0 Å². The molecule has 10 heteroatoms. The first-order valence-corrected chi connectivity index (χ1v) is 13.8. The number of thiazole rings is 1. The summed E-state index contributed by atoms with van der Waals surface area (Å²) < 4.78 is 4.77. The van der Waals surface area contributed by atoms with Gasteiger partial charge in [-0.3, -0.25) is 19.1 Å². The molecule has 35 heavy (non-hydrogen) atoms. The Morgan fingerprint density at radius 3 is 2.80 bits per heavy atom. The smallest absolute Gasteiger partial charge is 0.308 e. The highest BCUT2D eigenvalue weighted by molar-refractivity contribution is 7.99. The number of nitrogens with zero attached hydrogens (tertiary/aromatic N) is 5. The van der Waals surface area contributed by atoms with Gasteiger partial charge in [0.25, 0.3) is 0 Å². The van der Waals surface area contributed by atoms with Crippen LogP contribution in [-0.4, -0.2) is 42.0 Å². The third-order valence-electron chi connectivity index (χ3n) is 6.29. The number of fused-ring (bicyclic) bond motifs is 1. The first-order valence-electron chi connectivity index (χ1n) is 12.0. The Morgan fingerprint density at radius 2 is 1.97 bits per heavy atom. The van der Waals surface area contributed by atoms with Crippen molar-refractivity contribution in [2.75, 3.05) is 5.75 Å². The van der Waals surface area contributed by atoms with Gasteiger partial charge in [-0.2, -0.15) is 0 Å². The predicted octanol–water partition coefficient (Wildman–Crippen LogP) is 3.88. The third-order valence-corrected chi connectivity index (χ3v) is 8.22. The van der Waals surface area contributed by atoms with Gasteiger partial charge in [-0.1, -0.05) is 54.1 Å². The lowest BCUT2D eigenvalue weighted by Crippen LogP contribution is -2.33. The van der Waals surface area contributed by atoms with Crippen LogP contribution in [0.15, 0.2) is 58.7 Å². The normalized spacial score (nSPS) is 14.1. The number of rotatable bonds is 10. The van der Waals surface area contributed by atoms with Crippen LogP contribution in [0, 0.1) is 0 Å². The van der Waals surface area contributed by atoms with Crippen molar-refractivity contribution in [1.82, 2.24) is 29.6 Å². The topological polar surface area (TPSA) is 94.7 Å². The summed E-state index contributed by atoms with van der Waals surface area (Å²) in [6.45, 7) is 1.04. The molecule has 0 radical (unpaired) electrons. The number of amides is 1. The molecular weight excluding hydrogens is 480 g/mol. The number of nitrogens with one attached hydrogen (secondary N) is 1. The van der Waals surface area contributed by atoms with Gasteiger partial charge in [0, 0.05) is 25.0 Å². The summed E-state index contributed by atoms with van der Waals surface area (Å²) in [6.07, 6.45) is 9.90. The van der Waals surface area contributed by atoms with E-state index >= 15 is 0 Å². The van der Waals surface area contributed by atoms with Crippen LogP contribution < -0.4 is 10.2 Å². The highest BCUT2D eigenvalue weighted by atomic mass is 32.2. The van der Waals surface area contributed by atoms with E-state index in [9.17, 15) is 9.59 Å². The van der Waals surface area contributed by atoms with E-state index in [1.807, 2.05) is 36.5 Å². The Hall–Kier alpha value is -2.98. The maximum atomic E-state index is 12.7. The van der Waals surface area contributed by atoms with Gasteiger partial charge in [0.2, 0.25) is 5.91 Å². The largest absolute Gasteiger partial charge is 0.353 e. The molecule has 1 N–H and O–H groups in total. The summed E-state index contributed by atoms with van der Waals surface area (Å²) >= 11 is 2.65. The van der Waals surface area contributed by atoms with Crippen molar-refractivity contribution < 1.29 is 4.79 Å². The molecule has 1 saturated carbocycles. The quantitative estimate of drug-likeness (QED) is 0.327. The number of hydrogen-bond acceptors (Lipinski definition) is 7. The second kappa shape index (κ2) is 11.2. The second-order valence-corrected chi connectivity index (χ2v) is 10.7. The lowest BCUT2D eigenvalue weighted by Gasteiger charge is -2.13. The fourth-order valence-corrected chi connectivity index (χ4v) is 6.21. The Labute approximate surface area is 211 Å². The third kappa shape index (κ3) is 5.82. The van der Waals surface area contributed by atoms with Crippen molar-refractivity contribution >= 4 is 39.2 Å². The molecule has 182 valence electrons. The zero-order chi connectivity index (χ0) is 24.0. The zero-order valence-electron chi connectivity index (χ0n) is 19.4. The fourth-order valence-electron chi connectivity index (χ4n) is 4.53. The van der Waals surface area contributed by atoms with Crippen molar-refractivity contribution in [3.05, 3.63) is 69.8 Å². The average molecular weight is 509 g/mol. The molecule has 1 aliphatic carbocycles. The van der Waals surface area contributed by atoms with Gasteiger partial charge in [-0.15, -0.1) is 10.2 Å². The lowest BCUT2D eigenvalue weighted by molar-refractivity contribution is -0.119. The molecule has 0 saturated heterocycles. The van der Waals surface area contributed by atoms with Crippen molar-refractivity contribution in [3.8, 4) is 0 Å². The van der Waals surface area contributed by atoms with Gasteiger partial charge < -0.3 is 9.88 Å². The number of carbonyl (C=O) groups excluding carboxylic acids is 1.